The third kappa shape index (κ3) is 8.01. The lowest BCUT2D eigenvalue weighted by molar-refractivity contribution is -0.118. The highest BCUT2D eigenvalue weighted by atomic mass is 32.2. The van der Waals surface area contributed by atoms with Gasteiger partial charge >= 0.3 is 6.09 Å². The van der Waals surface area contributed by atoms with Gasteiger partial charge in [-0.05, 0) is 42.5 Å². The van der Waals surface area contributed by atoms with Crippen LogP contribution in [0.5, 0.6) is 0 Å². The van der Waals surface area contributed by atoms with Crippen molar-refractivity contribution in [2.24, 2.45) is 0 Å². The molecule has 1 fully saturated rings. The van der Waals surface area contributed by atoms with Crippen molar-refractivity contribution in [3.63, 3.8) is 0 Å². The largest absolute Gasteiger partial charge is 0.453 e. The maximum atomic E-state index is 14.1. The smallest absolute Gasteiger partial charge is 0.407 e. The van der Waals surface area contributed by atoms with E-state index in [0.717, 1.165) is 51.5 Å². The van der Waals surface area contributed by atoms with E-state index in [1.54, 1.807) is 24.3 Å². The molecular formula is C36H39N7O4S. The zero-order valence-electron chi connectivity index (χ0n) is 26.8. The van der Waals surface area contributed by atoms with Crippen LogP contribution < -0.4 is 16.0 Å². The molecule has 1 aliphatic rings. The molecule has 6 rings (SSSR count). The SMILES string of the molecule is COC(=O)NC(C(=O)Nc1ccccc1CCC1CNC(C)C(CSc2ncnc3[nH]ncc23)O1)C(c1ccccc1)c1ccccc1. The topological polar surface area (TPSA) is 143 Å². The fourth-order valence-corrected chi connectivity index (χ4v) is 7.12. The van der Waals surface area contributed by atoms with Crippen LogP contribution in [-0.4, -0.2) is 75.9 Å². The molecular weight excluding hydrogens is 627 g/mol. The quantitative estimate of drug-likeness (QED) is 0.103. The predicted molar refractivity (Wildman–Crippen MR) is 186 cm³/mol. The molecule has 1 aliphatic heterocycles. The number of anilines is 1. The van der Waals surface area contributed by atoms with E-state index in [4.69, 9.17) is 9.47 Å². The van der Waals surface area contributed by atoms with E-state index in [0.29, 0.717) is 12.1 Å². The van der Waals surface area contributed by atoms with Crippen molar-refractivity contribution in [2.45, 2.75) is 55.0 Å². The second kappa shape index (κ2) is 15.9. The highest BCUT2D eigenvalue weighted by Gasteiger charge is 2.33. The van der Waals surface area contributed by atoms with Gasteiger partial charge in [0.1, 0.15) is 17.4 Å². The molecule has 4 atom stereocenters. The Morgan fingerprint density at radius 2 is 1.71 bits per heavy atom. The maximum Gasteiger partial charge on any atom is 0.407 e. The molecule has 2 amide bonds. The van der Waals surface area contributed by atoms with Crippen molar-refractivity contribution in [1.29, 1.82) is 0 Å². The Balaban J connectivity index is 1.14. The normalized spacial score (nSPS) is 18.4. The van der Waals surface area contributed by atoms with Gasteiger partial charge in [0, 0.05) is 29.9 Å². The molecule has 12 heteroatoms. The number of ether oxygens (including phenoxy) is 2. The monoisotopic (exact) mass is 665 g/mol. The summed E-state index contributed by atoms with van der Waals surface area (Å²) < 4.78 is 11.5. The van der Waals surface area contributed by atoms with E-state index in [1.165, 1.54) is 7.11 Å². The molecule has 48 heavy (non-hydrogen) atoms. The number of H-pyrrole nitrogens is 1. The van der Waals surface area contributed by atoms with Crippen LogP contribution in [0.25, 0.3) is 11.0 Å². The molecule has 0 bridgehead atoms. The van der Waals surface area contributed by atoms with Gasteiger partial charge in [-0.1, -0.05) is 78.9 Å². The molecule has 3 aromatic carbocycles. The molecule has 0 aliphatic carbocycles. The highest BCUT2D eigenvalue weighted by molar-refractivity contribution is 7.99. The number of aromatic nitrogens is 4. The van der Waals surface area contributed by atoms with Gasteiger partial charge < -0.3 is 25.4 Å². The molecule has 0 saturated carbocycles. The number of thioether (sulfide) groups is 1. The fraction of sp³-hybridized carbons (Fsp3) is 0.306. The molecule has 3 heterocycles. The number of amides is 2. The summed E-state index contributed by atoms with van der Waals surface area (Å²) in [7, 11) is 1.29. The number of hydrogen-bond acceptors (Lipinski definition) is 9. The minimum absolute atomic E-state index is 0.0100. The second-order valence-corrected chi connectivity index (χ2v) is 12.7. The molecule has 2 aromatic heterocycles. The number of aryl methyl sites for hydroxylation is 1. The van der Waals surface area contributed by atoms with Crippen molar-refractivity contribution >= 4 is 40.5 Å². The Kier molecular flexibility index (Phi) is 11.0. The van der Waals surface area contributed by atoms with E-state index in [1.807, 2.05) is 84.9 Å². The van der Waals surface area contributed by atoms with Crippen LogP contribution in [-0.2, 0) is 20.7 Å². The molecule has 4 N–H and O–H groups in total. The van der Waals surface area contributed by atoms with Gasteiger partial charge in [0.2, 0.25) is 5.91 Å². The number of carbonyl (C=O) groups excluding carboxylic acids is 2. The van der Waals surface area contributed by atoms with Crippen LogP contribution in [0.2, 0.25) is 0 Å². The Hall–Kier alpha value is -4.78. The summed E-state index contributed by atoms with van der Waals surface area (Å²) in [6, 6.07) is 26.4. The second-order valence-electron chi connectivity index (χ2n) is 11.7. The van der Waals surface area contributed by atoms with E-state index in [9.17, 15) is 9.59 Å². The van der Waals surface area contributed by atoms with Crippen molar-refractivity contribution in [2.75, 3.05) is 24.7 Å². The zero-order chi connectivity index (χ0) is 33.3. The summed E-state index contributed by atoms with van der Waals surface area (Å²) in [6.07, 6.45) is 4.03. The number of nitrogens with zero attached hydrogens (tertiary/aromatic N) is 3. The number of methoxy groups -OCH3 is 1. The van der Waals surface area contributed by atoms with Crippen LogP contribution in [0, 0.1) is 0 Å². The van der Waals surface area contributed by atoms with Crippen LogP contribution in [0.3, 0.4) is 0 Å². The molecule has 248 valence electrons. The van der Waals surface area contributed by atoms with Gasteiger partial charge in [-0.2, -0.15) is 5.10 Å². The van der Waals surface area contributed by atoms with E-state index < -0.39 is 18.1 Å². The van der Waals surface area contributed by atoms with E-state index in [2.05, 4.69) is 43.0 Å². The van der Waals surface area contributed by atoms with E-state index >= 15 is 0 Å². The molecule has 5 aromatic rings. The molecule has 0 spiro atoms. The Morgan fingerprint density at radius 1 is 1.00 bits per heavy atom. The van der Waals surface area contributed by atoms with Crippen molar-refractivity contribution in [3.05, 3.63) is 114 Å². The lowest BCUT2D eigenvalue weighted by Gasteiger charge is -2.36. The standard InChI is InChI=1S/C36H39N7O4S/c1-23-30(21-48-35-28-20-40-43-33(28)38-22-39-35)47-27(19-37-23)18-17-24-11-9-10-16-29(24)41-34(44)32(42-36(45)46-2)31(25-12-5-3-6-13-25)26-14-7-4-8-15-26/h3-16,20,22-23,27,30-32,37H,17-19,21H2,1-2H3,(H,41,44)(H,42,45)(H,38,39,40,43). The summed E-state index contributed by atoms with van der Waals surface area (Å²) in [4.78, 5) is 35.4. The number of morpholine rings is 1. The number of hydrogen-bond donors (Lipinski definition) is 4. The fourth-order valence-electron chi connectivity index (χ4n) is 6.01. The first kappa shape index (κ1) is 33.1. The van der Waals surface area contributed by atoms with Gasteiger partial charge in [-0.15, -0.1) is 11.8 Å². The zero-order valence-corrected chi connectivity index (χ0v) is 27.7. The Bertz CT molecular complexity index is 1770. The average molecular weight is 666 g/mol. The molecule has 0 radical (unpaired) electrons. The number of para-hydroxylation sites is 1. The number of aromatic amines is 1. The third-order valence-corrected chi connectivity index (χ3v) is 9.68. The van der Waals surface area contributed by atoms with Gasteiger partial charge in [0.05, 0.1) is 30.9 Å². The number of carbonyl (C=O) groups is 2. The number of fused-ring (bicyclic) bond motifs is 1. The predicted octanol–water partition coefficient (Wildman–Crippen LogP) is 5.32. The van der Waals surface area contributed by atoms with Crippen LogP contribution in [0.15, 0.2) is 102 Å². The first-order valence-corrected chi connectivity index (χ1v) is 17.0. The molecule has 1 saturated heterocycles. The summed E-state index contributed by atoms with van der Waals surface area (Å²) in [6.45, 7) is 2.87. The van der Waals surface area contributed by atoms with Crippen LogP contribution in [0.4, 0.5) is 10.5 Å². The van der Waals surface area contributed by atoms with Crippen molar-refractivity contribution < 1.29 is 19.1 Å². The number of alkyl carbamates (subject to hydrolysis) is 1. The summed E-state index contributed by atoms with van der Waals surface area (Å²) in [5.74, 6) is -0.0691. The minimum atomic E-state index is -0.945. The molecule has 4 unspecified atom stereocenters. The van der Waals surface area contributed by atoms with E-state index in [-0.39, 0.29) is 24.2 Å². The molecule has 11 nitrogen and oxygen atoms in total. The first-order valence-electron chi connectivity index (χ1n) is 16.0. The lowest BCUT2D eigenvalue weighted by atomic mass is 9.84. The average Bonchev–Trinajstić information content (AvgIpc) is 3.62. The van der Waals surface area contributed by atoms with Gasteiger partial charge in [-0.3, -0.25) is 9.89 Å². The highest BCUT2D eigenvalue weighted by Crippen LogP contribution is 2.31. The van der Waals surface area contributed by atoms with Gasteiger partial charge in [0.15, 0.2) is 5.65 Å². The maximum absolute atomic E-state index is 14.1. The van der Waals surface area contributed by atoms with Crippen LogP contribution in [0.1, 0.15) is 36.0 Å². The minimum Gasteiger partial charge on any atom is -0.453 e. The lowest BCUT2D eigenvalue weighted by Crippen LogP contribution is -2.52. The summed E-state index contributed by atoms with van der Waals surface area (Å²) in [5.41, 5.74) is 4.18. The summed E-state index contributed by atoms with van der Waals surface area (Å²) >= 11 is 1.64. The Morgan fingerprint density at radius 3 is 2.44 bits per heavy atom. The summed E-state index contributed by atoms with van der Waals surface area (Å²) in [5, 5.41) is 18.3. The third-order valence-electron chi connectivity index (χ3n) is 8.59. The number of nitrogens with one attached hydrogen (secondary N) is 4. The van der Waals surface area contributed by atoms with Crippen molar-refractivity contribution in [1.82, 2.24) is 30.8 Å². The number of rotatable bonds is 12. The van der Waals surface area contributed by atoms with Gasteiger partial charge in [-0.25, -0.2) is 14.8 Å². The first-order chi connectivity index (χ1) is 23.5. The van der Waals surface area contributed by atoms with Crippen molar-refractivity contribution in [3.8, 4) is 0 Å². The van der Waals surface area contributed by atoms with Gasteiger partial charge in [0.25, 0.3) is 0 Å². The van der Waals surface area contributed by atoms with Crippen LogP contribution >= 0.6 is 11.8 Å². The number of benzene rings is 3. The Labute approximate surface area is 283 Å².